The normalized spacial score (nSPS) is 11.7. The number of halogens is 1. The first-order valence-corrected chi connectivity index (χ1v) is 8.17. The number of H-pyrrole nitrogens is 1. The van der Waals surface area contributed by atoms with Gasteiger partial charge < -0.3 is 0 Å². The van der Waals surface area contributed by atoms with Crippen LogP contribution in [0.3, 0.4) is 0 Å². The minimum Gasteiger partial charge on any atom is -0.267 e. The Bertz CT molecular complexity index is 1010. The Morgan fingerprint density at radius 2 is 1.70 bits per heavy atom. The summed E-state index contributed by atoms with van der Waals surface area (Å²) < 4.78 is 39.6. The molecule has 0 aliphatic rings. The first kappa shape index (κ1) is 15.3. The van der Waals surface area contributed by atoms with E-state index < -0.39 is 15.8 Å². The van der Waals surface area contributed by atoms with Gasteiger partial charge in [0.05, 0.1) is 22.5 Å². The first-order valence-electron chi connectivity index (χ1n) is 6.69. The lowest BCUT2D eigenvalue weighted by Crippen LogP contribution is -2.25. The molecule has 0 saturated heterocycles. The van der Waals surface area contributed by atoms with Crippen molar-refractivity contribution in [3.8, 4) is 0 Å². The van der Waals surface area contributed by atoms with Crippen LogP contribution in [0, 0.1) is 5.82 Å². The van der Waals surface area contributed by atoms with Crippen molar-refractivity contribution < 1.29 is 12.8 Å². The smallest absolute Gasteiger partial charge is 0.267 e. The van der Waals surface area contributed by atoms with Gasteiger partial charge in [-0.15, -0.1) is 0 Å². The van der Waals surface area contributed by atoms with E-state index in [4.69, 9.17) is 0 Å². The molecule has 6 nitrogen and oxygen atoms in total. The van der Waals surface area contributed by atoms with Crippen molar-refractivity contribution in [3.05, 3.63) is 70.4 Å². The van der Waals surface area contributed by atoms with Crippen molar-refractivity contribution in [1.29, 1.82) is 0 Å². The largest absolute Gasteiger partial charge is 0.272 e. The molecule has 3 aromatic rings. The Hall–Kier alpha value is -2.58. The van der Waals surface area contributed by atoms with Crippen LogP contribution in [0.15, 0.2) is 58.2 Å². The van der Waals surface area contributed by atoms with Gasteiger partial charge in [0.25, 0.3) is 5.56 Å². The van der Waals surface area contributed by atoms with Crippen molar-refractivity contribution in [2.24, 2.45) is 0 Å². The second-order valence-corrected chi connectivity index (χ2v) is 6.59. The molecule has 0 radical (unpaired) electrons. The van der Waals surface area contributed by atoms with E-state index in [1.165, 1.54) is 12.1 Å². The molecule has 1 heterocycles. The van der Waals surface area contributed by atoms with Gasteiger partial charge >= 0.3 is 0 Å². The molecule has 0 fully saturated rings. The first-order chi connectivity index (χ1) is 11.0. The van der Waals surface area contributed by atoms with E-state index in [2.05, 4.69) is 14.9 Å². The Balaban J connectivity index is 1.90. The minimum absolute atomic E-state index is 0.0485. The van der Waals surface area contributed by atoms with Crippen molar-refractivity contribution >= 4 is 20.8 Å². The van der Waals surface area contributed by atoms with Gasteiger partial charge in [-0.3, -0.25) is 4.79 Å². The summed E-state index contributed by atoms with van der Waals surface area (Å²) in [6, 6.07) is 11.3. The predicted molar refractivity (Wildman–Crippen MR) is 82.8 cm³/mol. The van der Waals surface area contributed by atoms with Crippen LogP contribution in [0.4, 0.5) is 4.39 Å². The zero-order chi connectivity index (χ0) is 16.4. The van der Waals surface area contributed by atoms with Crippen molar-refractivity contribution in [2.75, 3.05) is 0 Å². The summed E-state index contributed by atoms with van der Waals surface area (Å²) in [7, 11) is -3.80. The molecular formula is C15H12FN3O3S. The van der Waals surface area contributed by atoms with Crippen LogP contribution in [0.1, 0.15) is 5.69 Å². The summed E-state index contributed by atoms with van der Waals surface area (Å²) >= 11 is 0. The van der Waals surface area contributed by atoms with E-state index in [1.807, 2.05) is 0 Å². The lowest BCUT2D eigenvalue weighted by Gasteiger charge is -2.08. The molecule has 8 heteroatoms. The van der Waals surface area contributed by atoms with Crippen molar-refractivity contribution in [2.45, 2.75) is 11.4 Å². The number of benzene rings is 2. The number of rotatable bonds is 4. The monoisotopic (exact) mass is 333 g/mol. The third kappa shape index (κ3) is 3.13. The lowest BCUT2D eigenvalue weighted by atomic mass is 10.1. The maximum Gasteiger partial charge on any atom is 0.272 e. The van der Waals surface area contributed by atoms with Crippen LogP contribution in [0.2, 0.25) is 0 Å². The van der Waals surface area contributed by atoms with E-state index in [0.717, 1.165) is 12.1 Å². The van der Waals surface area contributed by atoms with Crippen LogP contribution in [-0.2, 0) is 16.6 Å². The maximum absolute atomic E-state index is 12.9. The molecule has 118 valence electrons. The highest BCUT2D eigenvalue weighted by Gasteiger charge is 2.15. The average molecular weight is 333 g/mol. The third-order valence-corrected chi connectivity index (χ3v) is 4.75. The van der Waals surface area contributed by atoms with Gasteiger partial charge in [0.2, 0.25) is 10.0 Å². The molecule has 0 amide bonds. The molecule has 23 heavy (non-hydrogen) atoms. The second-order valence-electron chi connectivity index (χ2n) is 4.82. The van der Waals surface area contributed by atoms with E-state index in [1.54, 1.807) is 24.3 Å². The lowest BCUT2D eigenvalue weighted by molar-refractivity contribution is 0.579. The van der Waals surface area contributed by atoms with Crippen LogP contribution < -0.4 is 10.3 Å². The number of hydrogen-bond acceptors (Lipinski definition) is 4. The fourth-order valence-electron chi connectivity index (χ4n) is 2.17. The molecule has 3 rings (SSSR count). The SMILES string of the molecule is O=c1[nH]nc(CNS(=O)(=O)c2ccc(F)cc2)c2ccccc12. The van der Waals surface area contributed by atoms with Gasteiger partial charge in [0.15, 0.2) is 0 Å². The molecule has 0 aliphatic carbocycles. The highest BCUT2D eigenvalue weighted by Crippen LogP contribution is 2.14. The summed E-state index contributed by atoms with van der Waals surface area (Å²) in [6.07, 6.45) is 0. The van der Waals surface area contributed by atoms with Gasteiger partial charge in [-0.2, -0.15) is 5.10 Å². The van der Waals surface area contributed by atoms with E-state index >= 15 is 0 Å². The Morgan fingerprint density at radius 3 is 2.39 bits per heavy atom. The number of nitrogens with one attached hydrogen (secondary N) is 2. The summed E-state index contributed by atoms with van der Waals surface area (Å²) in [6.45, 7) is -0.100. The highest BCUT2D eigenvalue weighted by molar-refractivity contribution is 7.89. The number of aromatic amines is 1. The molecular weight excluding hydrogens is 321 g/mol. The number of nitrogens with zero attached hydrogens (tertiary/aromatic N) is 1. The van der Waals surface area contributed by atoms with E-state index in [9.17, 15) is 17.6 Å². The molecule has 0 bridgehead atoms. The van der Waals surface area contributed by atoms with Crippen LogP contribution in [0.25, 0.3) is 10.8 Å². The Kier molecular flexibility index (Phi) is 3.93. The number of aromatic nitrogens is 2. The summed E-state index contributed by atoms with van der Waals surface area (Å²) in [5.41, 5.74) is 0.0524. The van der Waals surface area contributed by atoms with Gasteiger partial charge in [0.1, 0.15) is 5.82 Å². The van der Waals surface area contributed by atoms with Gasteiger partial charge in [-0.1, -0.05) is 18.2 Å². The molecule has 0 saturated carbocycles. The van der Waals surface area contributed by atoms with Gasteiger partial charge in [-0.25, -0.2) is 22.6 Å². The molecule has 0 spiro atoms. The van der Waals surface area contributed by atoms with E-state index in [0.29, 0.717) is 16.5 Å². The third-order valence-electron chi connectivity index (χ3n) is 3.33. The van der Waals surface area contributed by atoms with Crippen LogP contribution in [-0.4, -0.2) is 18.6 Å². The number of hydrogen-bond donors (Lipinski definition) is 2. The maximum atomic E-state index is 12.9. The van der Waals surface area contributed by atoms with Crippen LogP contribution in [0.5, 0.6) is 0 Å². The van der Waals surface area contributed by atoms with Gasteiger partial charge in [0, 0.05) is 5.39 Å². The molecule has 0 aliphatic heterocycles. The average Bonchev–Trinajstić information content (AvgIpc) is 2.55. The summed E-state index contributed by atoms with van der Waals surface area (Å²) in [5.74, 6) is -0.516. The fourth-order valence-corrected chi connectivity index (χ4v) is 3.15. The Labute approximate surface area is 131 Å². The highest BCUT2D eigenvalue weighted by atomic mass is 32.2. The fraction of sp³-hybridized carbons (Fsp3) is 0.0667. The van der Waals surface area contributed by atoms with E-state index in [-0.39, 0.29) is 17.0 Å². The number of sulfonamides is 1. The second kappa shape index (κ2) is 5.90. The predicted octanol–water partition coefficient (Wildman–Crippen LogP) is 1.54. The molecule has 2 aromatic carbocycles. The topological polar surface area (TPSA) is 91.9 Å². The van der Waals surface area contributed by atoms with Gasteiger partial charge in [-0.05, 0) is 30.3 Å². The molecule has 0 unspecified atom stereocenters. The zero-order valence-electron chi connectivity index (χ0n) is 11.8. The molecule has 1 aromatic heterocycles. The molecule has 2 N–H and O–H groups in total. The zero-order valence-corrected chi connectivity index (χ0v) is 12.6. The standard InChI is InChI=1S/C15H12FN3O3S/c16-10-5-7-11(8-6-10)23(21,22)17-9-14-12-3-1-2-4-13(12)15(20)19-18-14/h1-8,17H,9H2,(H,19,20). The summed E-state index contributed by atoms with van der Waals surface area (Å²) in [5, 5.41) is 7.23. The summed E-state index contributed by atoms with van der Waals surface area (Å²) in [4.78, 5) is 11.6. The van der Waals surface area contributed by atoms with Crippen molar-refractivity contribution in [1.82, 2.24) is 14.9 Å². The quantitative estimate of drug-likeness (QED) is 0.757. The van der Waals surface area contributed by atoms with Crippen molar-refractivity contribution in [3.63, 3.8) is 0 Å². The molecule has 0 atom stereocenters. The minimum atomic E-state index is -3.80. The van der Waals surface area contributed by atoms with Crippen LogP contribution >= 0.6 is 0 Å². The number of fused-ring (bicyclic) bond motifs is 1. The Morgan fingerprint density at radius 1 is 1.04 bits per heavy atom.